The van der Waals surface area contributed by atoms with Crippen LogP contribution in [0.15, 0.2) is 23.5 Å². The van der Waals surface area contributed by atoms with E-state index in [0.717, 1.165) is 5.69 Å². The summed E-state index contributed by atoms with van der Waals surface area (Å²) in [5, 5.41) is 11.5. The van der Waals surface area contributed by atoms with Gasteiger partial charge < -0.3 is 15.8 Å². The lowest BCUT2D eigenvalue weighted by Crippen LogP contribution is -2.27. The second-order valence-electron chi connectivity index (χ2n) is 4.38. The van der Waals surface area contributed by atoms with Crippen LogP contribution in [0, 0.1) is 0 Å². The minimum Gasteiger partial charge on any atom is -0.409 e. The molecule has 0 atom stereocenters. The van der Waals surface area contributed by atoms with Gasteiger partial charge in [-0.3, -0.25) is 4.98 Å². The van der Waals surface area contributed by atoms with Gasteiger partial charge in [0, 0.05) is 25.0 Å². The molecule has 0 amide bonds. The van der Waals surface area contributed by atoms with Gasteiger partial charge in [0.25, 0.3) is 0 Å². The van der Waals surface area contributed by atoms with Gasteiger partial charge in [0.15, 0.2) is 15.7 Å². The molecule has 0 spiro atoms. The Morgan fingerprint density at radius 3 is 2.95 bits per heavy atom. The number of rotatable bonds is 2. The van der Waals surface area contributed by atoms with Crippen molar-refractivity contribution in [1.29, 1.82) is 0 Å². The molecule has 1 aromatic rings. The van der Waals surface area contributed by atoms with Crippen LogP contribution in [0.3, 0.4) is 0 Å². The molecular weight excluding hydrogens is 268 g/mol. The zero-order valence-corrected chi connectivity index (χ0v) is 11.2. The summed E-state index contributed by atoms with van der Waals surface area (Å²) in [5.74, 6) is 0.305. The molecule has 7 nitrogen and oxygen atoms in total. The first-order chi connectivity index (χ1) is 9.02. The molecule has 1 fully saturated rings. The predicted molar refractivity (Wildman–Crippen MR) is 72.2 cm³/mol. The number of anilines is 1. The zero-order valence-electron chi connectivity index (χ0n) is 10.4. The first kappa shape index (κ1) is 13.6. The smallest absolute Gasteiger partial charge is 0.188 e. The molecule has 0 aromatic carbocycles. The fourth-order valence-corrected chi connectivity index (χ4v) is 3.28. The second kappa shape index (κ2) is 5.43. The first-order valence-corrected chi connectivity index (χ1v) is 7.73. The molecule has 19 heavy (non-hydrogen) atoms. The third kappa shape index (κ3) is 3.34. The van der Waals surface area contributed by atoms with Crippen molar-refractivity contribution in [3.63, 3.8) is 0 Å². The highest BCUT2D eigenvalue weighted by Crippen LogP contribution is 2.17. The van der Waals surface area contributed by atoms with Crippen LogP contribution in [-0.4, -0.2) is 49.0 Å². The Hall–Kier alpha value is -1.83. The molecular formula is C11H16N4O3S. The lowest BCUT2D eigenvalue weighted by molar-refractivity contribution is 0.318. The lowest BCUT2D eigenvalue weighted by Gasteiger charge is -2.22. The molecule has 104 valence electrons. The van der Waals surface area contributed by atoms with Crippen LogP contribution < -0.4 is 10.6 Å². The molecule has 3 N–H and O–H groups in total. The SMILES string of the molecule is N/C(=N/O)c1cc(N2CCCS(=O)(=O)CC2)ccn1. The summed E-state index contributed by atoms with van der Waals surface area (Å²) in [5.41, 5.74) is 6.68. The molecule has 1 saturated heterocycles. The number of pyridine rings is 1. The van der Waals surface area contributed by atoms with E-state index in [9.17, 15) is 8.42 Å². The molecule has 2 rings (SSSR count). The molecule has 1 aliphatic rings. The maximum atomic E-state index is 11.6. The van der Waals surface area contributed by atoms with Gasteiger partial charge in [0.1, 0.15) is 5.69 Å². The second-order valence-corrected chi connectivity index (χ2v) is 6.68. The normalized spacial score (nSPS) is 20.0. The standard InChI is InChI=1S/C11H16N4O3S/c12-11(14-16)10-8-9(2-3-13-10)15-4-1-6-19(17,18)7-5-15/h2-3,8,16H,1,4-7H2,(H2,12,14). The van der Waals surface area contributed by atoms with Gasteiger partial charge in [0.05, 0.1) is 11.5 Å². The van der Waals surface area contributed by atoms with Crippen LogP contribution in [0.1, 0.15) is 12.1 Å². The van der Waals surface area contributed by atoms with Crippen LogP contribution in [0.4, 0.5) is 5.69 Å². The monoisotopic (exact) mass is 284 g/mol. The Morgan fingerprint density at radius 2 is 2.21 bits per heavy atom. The lowest BCUT2D eigenvalue weighted by atomic mass is 10.2. The van der Waals surface area contributed by atoms with Gasteiger partial charge in [0.2, 0.25) is 0 Å². The quantitative estimate of drug-likeness (QED) is 0.337. The van der Waals surface area contributed by atoms with Crippen LogP contribution in [0.5, 0.6) is 0 Å². The number of amidine groups is 1. The first-order valence-electron chi connectivity index (χ1n) is 5.91. The highest BCUT2D eigenvalue weighted by atomic mass is 32.2. The molecule has 8 heteroatoms. The maximum absolute atomic E-state index is 11.6. The predicted octanol–water partition coefficient (Wildman–Crippen LogP) is -0.199. The Kier molecular flexibility index (Phi) is 3.89. The van der Waals surface area contributed by atoms with Crippen molar-refractivity contribution in [2.75, 3.05) is 29.5 Å². The van der Waals surface area contributed by atoms with E-state index in [1.54, 1.807) is 18.3 Å². The van der Waals surface area contributed by atoms with Gasteiger partial charge in [-0.05, 0) is 18.6 Å². The van der Waals surface area contributed by atoms with Crippen molar-refractivity contribution < 1.29 is 13.6 Å². The van der Waals surface area contributed by atoms with E-state index < -0.39 is 9.84 Å². The van der Waals surface area contributed by atoms with E-state index in [0.29, 0.717) is 25.2 Å². The molecule has 2 heterocycles. The third-order valence-electron chi connectivity index (χ3n) is 3.03. The number of hydrogen-bond acceptors (Lipinski definition) is 6. The van der Waals surface area contributed by atoms with Crippen LogP contribution in [-0.2, 0) is 9.84 Å². The molecule has 0 bridgehead atoms. The Morgan fingerprint density at radius 1 is 1.42 bits per heavy atom. The fraction of sp³-hybridized carbons (Fsp3) is 0.455. The summed E-state index contributed by atoms with van der Waals surface area (Å²) < 4.78 is 23.1. The van der Waals surface area contributed by atoms with Crippen molar-refractivity contribution in [3.05, 3.63) is 24.0 Å². The van der Waals surface area contributed by atoms with Gasteiger partial charge >= 0.3 is 0 Å². The minimum atomic E-state index is -2.94. The van der Waals surface area contributed by atoms with E-state index in [-0.39, 0.29) is 17.3 Å². The maximum Gasteiger partial charge on any atom is 0.188 e. The van der Waals surface area contributed by atoms with Crippen LogP contribution >= 0.6 is 0 Å². The summed E-state index contributed by atoms with van der Waals surface area (Å²) in [6.07, 6.45) is 2.16. The van der Waals surface area contributed by atoms with Crippen molar-refractivity contribution >= 4 is 21.4 Å². The van der Waals surface area contributed by atoms with Gasteiger partial charge in [-0.2, -0.15) is 0 Å². The number of sulfone groups is 1. The number of hydrogen-bond donors (Lipinski definition) is 2. The van der Waals surface area contributed by atoms with Gasteiger partial charge in [-0.1, -0.05) is 5.16 Å². The van der Waals surface area contributed by atoms with E-state index in [1.165, 1.54) is 0 Å². The molecule has 0 radical (unpaired) electrons. The summed E-state index contributed by atoms with van der Waals surface area (Å²) in [7, 11) is -2.94. The van der Waals surface area contributed by atoms with Crippen molar-refractivity contribution in [3.8, 4) is 0 Å². The number of oxime groups is 1. The summed E-state index contributed by atoms with van der Waals surface area (Å²) in [6, 6.07) is 3.47. The molecule has 0 unspecified atom stereocenters. The molecule has 0 aliphatic carbocycles. The average molecular weight is 284 g/mol. The fourth-order valence-electron chi connectivity index (χ4n) is 2.00. The van der Waals surface area contributed by atoms with Crippen LogP contribution in [0.25, 0.3) is 0 Å². The van der Waals surface area contributed by atoms with Crippen LogP contribution in [0.2, 0.25) is 0 Å². The Balaban J connectivity index is 2.22. The van der Waals surface area contributed by atoms with E-state index in [4.69, 9.17) is 10.9 Å². The Bertz CT molecular complexity index is 585. The van der Waals surface area contributed by atoms with E-state index in [1.807, 2.05) is 4.90 Å². The molecule has 1 aromatic heterocycles. The van der Waals surface area contributed by atoms with Crippen molar-refractivity contribution in [2.45, 2.75) is 6.42 Å². The molecule has 1 aliphatic heterocycles. The topological polar surface area (TPSA) is 109 Å². The summed E-state index contributed by atoms with van der Waals surface area (Å²) >= 11 is 0. The third-order valence-corrected chi connectivity index (χ3v) is 4.75. The number of nitrogens with two attached hydrogens (primary N) is 1. The largest absolute Gasteiger partial charge is 0.409 e. The zero-order chi connectivity index (χ0) is 13.9. The van der Waals surface area contributed by atoms with E-state index >= 15 is 0 Å². The van der Waals surface area contributed by atoms with Gasteiger partial charge in [-0.25, -0.2) is 8.42 Å². The number of nitrogens with zero attached hydrogens (tertiary/aromatic N) is 3. The number of aromatic nitrogens is 1. The highest BCUT2D eigenvalue weighted by Gasteiger charge is 2.19. The van der Waals surface area contributed by atoms with Gasteiger partial charge in [-0.15, -0.1) is 0 Å². The highest BCUT2D eigenvalue weighted by molar-refractivity contribution is 7.91. The molecule has 0 saturated carbocycles. The Labute approximate surface area is 111 Å². The van der Waals surface area contributed by atoms with E-state index in [2.05, 4.69) is 10.1 Å². The van der Waals surface area contributed by atoms with Crippen molar-refractivity contribution in [2.24, 2.45) is 10.9 Å². The summed E-state index contributed by atoms with van der Waals surface area (Å²) in [6.45, 7) is 1.11. The average Bonchev–Trinajstić information content (AvgIpc) is 2.59. The minimum absolute atomic E-state index is 0.0655. The van der Waals surface area contributed by atoms with Crippen molar-refractivity contribution in [1.82, 2.24) is 4.98 Å². The summed E-state index contributed by atoms with van der Waals surface area (Å²) in [4.78, 5) is 5.97.